The van der Waals surface area contributed by atoms with Crippen LogP contribution in [0, 0.1) is 0 Å². The summed E-state index contributed by atoms with van der Waals surface area (Å²) in [7, 11) is 1.60. The van der Waals surface area contributed by atoms with Gasteiger partial charge in [0.2, 0.25) is 0 Å². The molecule has 9 heteroatoms. The van der Waals surface area contributed by atoms with Crippen molar-refractivity contribution >= 4 is 5.91 Å². The SMILES string of the molecule is COc1ccc(C(CNC(=O)COc2cccc(C(F)(F)F)c2)N2CCOCC2)cc1. The summed E-state index contributed by atoms with van der Waals surface area (Å²) in [5.41, 5.74) is 0.194. The van der Waals surface area contributed by atoms with Crippen molar-refractivity contribution < 1.29 is 32.2 Å². The maximum atomic E-state index is 12.8. The Morgan fingerprint density at radius 2 is 1.84 bits per heavy atom. The number of benzene rings is 2. The van der Waals surface area contributed by atoms with E-state index in [9.17, 15) is 18.0 Å². The number of alkyl halides is 3. The van der Waals surface area contributed by atoms with E-state index in [0.29, 0.717) is 19.8 Å². The van der Waals surface area contributed by atoms with Crippen LogP contribution >= 0.6 is 0 Å². The van der Waals surface area contributed by atoms with E-state index in [1.54, 1.807) is 7.11 Å². The number of nitrogens with one attached hydrogen (secondary N) is 1. The van der Waals surface area contributed by atoms with Gasteiger partial charge >= 0.3 is 6.18 Å². The standard InChI is InChI=1S/C22H25F3N2O4/c1-29-18-7-5-16(6-8-18)20(27-9-11-30-12-10-27)14-26-21(28)15-31-19-4-2-3-17(13-19)22(23,24)25/h2-8,13,20H,9-12,14-15H2,1H3,(H,26,28). The molecule has 1 fully saturated rings. The third-order valence-corrected chi connectivity index (χ3v) is 5.01. The largest absolute Gasteiger partial charge is 0.497 e. The molecule has 1 heterocycles. The average Bonchev–Trinajstić information content (AvgIpc) is 2.78. The Morgan fingerprint density at radius 1 is 1.13 bits per heavy atom. The van der Waals surface area contributed by atoms with Gasteiger partial charge in [-0.25, -0.2) is 0 Å². The third kappa shape index (κ3) is 6.60. The number of halogens is 3. The minimum absolute atomic E-state index is 0.00939. The van der Waals surface area contributed by atoms with Crippen molar-refractivity contribution in [3.05, 3.63) is 59.7 Å². The Kier molecular flexibility index (Phi) is 7.75. The Bertz CT molecular complexity index is 853. The van der Waals surface area contributed by atoms with Crippen LogP contribution in [0.4, 0.5) is 13.2 Å². The van der Waals surface area contributed by atoms with Crippen LogP contribution in [0.1, 0.15) is 17.2 Å². The summed E-state index contributed by atoms with van der Waals surface area (Å²) in [6, 6.07) is 12.0. The summed E-state index contributed by atoms with van der Waals surface area (Å²) in [5.74, 6) is 0.317. The van der Waals surface area contributed by atoms with Gasteiger partial charge in [0, 0.05) is 19.6 Å². The Morgan fingerprint density at radius 3 is 2.48 bits per heavy atom. The topological polar surface area (TPSA) is 60.0 Å². The monoisotopic (exact) mass is 438 g/mol. The van der Waals surface area contributed by atoms with E-state index in [1.165, 1.54) is 12.1 Å². The Balaban J connectivity index is 1.59. The van der Waals surface area contributed by atoms with Gasteiger partial charge in [-0.05, 0) is 35.9 Å². The highest BCUT2D eigenvalue weighted by Gasteiger charge is 2.30. The van der Waals surface area contributed by atoms with Crippen molar-refractivity contribution in [2.45, 2.75) is 12.2 Å². The molecule has 0 radical (unpaired) electrons. The molecule has 1 amide bonds. The maximum absolute atomic E-state index is 12.8. The molecule has 2 aromatic carbocycles. The van der Waals surface area contributed by atoms with Crippen molar-refractivity contribution in [3.63, 3.8) is 0 Å². The minimum atomic E-state index is -4.47. The molecule has 0 saturated carbocycles. The number of carbonyl (C=O) groups excluding carboxylic acids is 1. The minimum Gasteiger partial charge on any atom is -0.497 e. The fourth-order valence-electron chi connectivity index (χ4n) is 3.35. The molecule has 3 rings (SSSR count). The zero-order valence-corrected chi connectivity index (χ0v) is 17.2. The molecule has 0 aliphatic carbocycles. The predicted octanol–water partition coefficient (Wildman–Crippen LogP) is 3.28. The molecule has 2 aromatic rings. The zero-order chi connectivity index (χ0) is 22.3. The van der Waals surface area contributed by atoms with Crippen LogP contribution in [0.25, 0.3) is 0 Å². The molecule has 31 heavy (non-hydrogen) atoms. The van der Waals surface area contributed by atoms with E-state index in [0.717, 1.165) is 36.5 Å². The molecule has 1 saturated heterocycles. The van der Waals surface area contributed by atoms with Gasteiger partial charge in [-0.15, -0.1) is 0 Å². The van der Waals surface area contributed by atoms with E-state index in [4.69, 9.17) is 14.2 Å². The molecule has 168 valence electrons. The summed E-state index contributed by atoms with van der Waals surface area (Å²) in [6.07, 6.45) is -4.47. The lowest BCUT2D eigenvalue weighted by molar-refractivity contribution is -0.137. The lowest BCUT2D eigenvalue weighted by Gasteiger charge is -2.35. The van der Waals surface area contributed by atoms with Crippen molar-refractivity contribution in [1.82, 2.24) is 10.2 Å². The first-order valence-electron chi connectivity index (χ1n) is 9.89. The molecule has 1 aliphatic rings. The number of hydrogen-bond acceptors (Lipinski definition) is 5. The van der Waals surface area contributed by atoms with Gasteiger partial charge in [0.15, 0.2) is 6.61 Å². The molecule has 1 atom stereocenters. The molecular weight excluding hydrogens is 413 g/mol. The van der Waals surface area contributed by atoms with Crippen LogP contribution in [-0.4, -0.2) is 57.4 Å². The number of amides is 1. The normalized spacial score (nSPS) is 15.9. The molecule has 0 bridgehead atoms. The Hall–Kier alpha value is -2.78. The first kappa shape index (κ1) is 22.9. The summed E-state index contributed by atoms with van der Waals surface area (Å²) in [6.45, 7) is 2.63. The van der Waals surface area contributed by atoms with Crippen molar-refractivity contribution in [1.29, 1.82) is 0 Å². The fraction of sp³-hybridized carbons (Fsp3) is 0.409. The molecule has 1 unspecified atom stereocenters. The molecule has 6 nitrogen and oxygen atoms in total. The number of ether oxygens (including phenoxy) is 3. The van der Waals surface area contributed by atoms with Crippen LogP contribution in [0.2, 0.25) is 0 Å². The zero-order valence-electron chi connectivity index (χ0n) is 17.2. The molecule has 1 aliphatic heterocycles. The van der Waals surface area contributed by atoms with Gasteiger partial charge in [-0.2, -0.15) is 13.2 Å². The lowest BCUT2D eigenvalue weighted by Crippen LogP contribution is -2.44. The van der Waals surface area contributed by atoms with Crippen LogP contribution in [0.15, 0.2) is 48.5 Å². The number of nitrogens with zero attached hydrogens (tertiary/aromatic N) is 1. The average molecular weight is 438 g/mol. The van der Waals surface area contributed by atoms with Crippen molar-refractivity contribution in [3.8, 4) is 11.5 Å². The first-order valence-corrected chi connectivity index (χ1v) is 9.89. The van der Waals surface area contributed by atoms with E-state index in [-0.39, 0.29) is 18.4 Å². The van der Waals surface area contributed by atoms with Gasteiger partial charge in [0.25, 0.3) is 5.91 Å². The Labute approximate surface area is 178 Å². The molecule has 0 aromatic heterocycles. The highest BCUT2D eigenvalue weighted by molar-refractivity contribution is 5.77. The fourth-order valence-corrected chi connectivity index (χ4v) is 3.35. The summed E-state index contributed by atoms with van der Waals surface area (Å²) < 4.78 is 54.3. The van der Waals surface area contributed by atoms with E-state index in [1.807, 2.05) is 24.3 Å². The smallest absolute Gasteiger partial charge is 0.416 e. The van der Waals surface area contributed by atoms with Gasteiger partial charge in [-0.1, -0.05) is 18.2 Å². The predicted molar refractivity (Wildman–Crippen MR) is 108 cm³/mol. The highest BCUT2D eigenvalue weighted by atomic mass is 19.4. The summed E-state index contributed by atoms with van der Waals surface area (Å²) >= 11 is 0. The van der Waals surface area contributed by atoms with E-state index >= 15 is 0 Å². The first-order chi connectivity index (χ1) is 14.9. The second-order valence-corrected chi connectivity index (χ2v) is 7.06. The quantitative estimate of drug-likeness (QED) is 0.686. The molecule has 0 spiro atoms. The number of hydrogen-bond donors (Lipinski definition) is 1. The highest BCUT2D eigenvalue weighted by Crippen LogP contribution is 2.31. The van der Waals surface area contributed by atoms with Crippen LogP contribution in [-0.2, 0) is 15.7 Å². The summed E-state index contributed by atoms with van der Waals surface area (Å²) in [5, 5.41) is 2.82. The third-order valence-electron chi connectivity index (χ3n) is 5.01. The molecule has 1 N–H and O–H groups in total. The van der Waals surface area contributed by atoms with Crippen LogP contribution in [0.5, 0.6) is 11.5 Å². The summed E-state index contributed by atoms with van der Waals surface area (Å²) in [4.78, 5) is 14.5. The van der Waals surface area contributed by atoms with Crippen molar-refractivity contribution in [2.75, 3.05) is 46.6 Å². The van der Waals surface area contributed by atoms with Crippen molar-refractivity contribution in [2.24, 2.45) is 0 Å². The number of rotatable bonds is 8. The van der Waals surface area contributed by atoms with E-state index < -0.39 is 17.6 Å². The van der Waals surface area contributed by atoms with Gasteiger partial charge < -0.3 is 19.5 Å². The van der Waals surface area contributed by atoms with Gasteiger partial charge in [0.1, 0.15) is 11.5 Å². The van der Waals surface area contributed by atoms with Gasteiger partial charge in [0.05, 0.1) is 31.9 Å². The number of methoxy groups -OCH3 is 1. The van der Waals surface area contributed by atoms with Gasteiger partial charge in [-0.3, -0.25) is 9.69 Å². The van der Waals surface area contributed by atoms with Crippen LogP contribution in [0.3, 0.4) is 0 Å². The number of morpholine rings is 1. The number of carbonyl (C=O) groups is 1. The molecular formula is C22H25F3N2O4. The van der Waals surface area contributed by atoms with Crippen LogP contribution < -0.4 is 14.8 Å². The second-order valence-electron chi connectivity index (χ2n) is 7.06. The lowest BCUT2D eigenvalue weighted by atomic mass is 10.0. The maximum Gasteiger partial charge on any atom is 0.416 e. The second kappa shape index (κ2) is 10.5. The van der Waals surface area contributed by atoms with E-state index in [2.05, 4.69) is 10.2 Å².